The molecule has 2 aromatic carbocycles. The first-order chi connectivity index (χ1) is 16.6. The van der Waals surface area contributed by atoms with Gasteiger partial charge in [0.25, 0.3) is 5.91 Å². The van der Waals surface area contributed by atoms with E-state index in [1.165, 1.54) is 4.90 Å². The molecule has 0 saturated carbocycles. The summed E-state index contributed by atoms with van der Waals surface area (Å²) in [6.07, 6.45) is 0.838. The third kappa shape index (κ3) is 3.97. The molecule has 0 bridgehead atoms. The molecule has 5 amide bonds. The molecule has 2 fully saturated rings. The Morgan fingerprint density at radius 2 is 1.80 bits per heavy atom. The lowest BCUT2D eigenvalue weighted by atomic mass is 9.93. The predicted molar refractivity (Wildman–Crippen MR) is 134 cm³/mol. The molecule has 2 N–H and O–H groups in total. The van der Waals surface area contributed by atoms with E-state index in [-0.39, 0.29) is 35.1 Å². The van der Waals surface area contributed by atoms with Gasteiger partial charge in [-0.05, 0) is 42.7 Å². The predicted octanol–water partition coefficient (Wildman–Crippen LogP) is 2.74. The molecule has 9 heteroatoms. The number of likely N-dealkylation sites (N-methyl/N-ethyl adjacent to an activating group) is 1. The number of fused-ring (bicyclic) bond motifs is 1. The summed E-state index contributed by atoms with van der Waals surface area (Å²) in [6, 6.07) is 14.7. The highest BCUT2D eigenvalue weighted by Crippen LogP contribution is 2.45. The van der Waals surface area contributed by atoms with Gasteiger partial charge in [0.05, 0.1) is 11.8 Å². The maximum absolute atomic E-state index is 13.1. The molecular formula is C26H28N4O4S. The number of hydrogen-bond donors (Lipinski definition) is 2. The fraction of sp³-hybridized carbons (Fsp3) is 0.385. The molecule has 2 aliphatic heterocycles. The van der Waals surface area contributed by atoms with E-state index < -0.39 is 11.6 Å². The molecule has 8 nitrogen and oxygen atoms in total. The van der Waals surface area contributed by atoms with Crippen LogP contribution in [0.3, 0.4) is 0 Å². The van der Waals surface area contributed by atoms with Gasteiger partial charge in [-0.2, -0.15) is 0 Å². The van der Waals surface area contributed by atoms with E-state index in [1.807, 2.05) is 42.5 Å². The molecule has 0 radical (unpaired) electrons. The van der Waals surface area contributed by atoms with E-state index in [4.69, 9.17) is 0 Å². The first-order valence-electron chi connectivity index (χ1n) is 11.6. The van der Waals surface area contributed by atoms with E-state index in [2.05, 4.69) is 24.5 Å². The summed E-state index contributed by atoms with van der Waals surface area (Å²) in [4.78, 5) is 53.6. The van der Waals surface area contributed by atoms with Gasteiger partial charge in [-0.15, -0.1) is 11.8 Å². The summed E-state index contributed by atoms with van der Waals surface area (Å²) < 4.78 is -0.247. The molecule has 2 unspecified atom stereocenters. The number of rotatable bonds is 4. The fourth-order valence-corrected chi connectivity index (χ4v) is 6.54. The van der Waals surface area contributed by atoms with Crippen LogP contribution in [0.2, 0.25) is 0 Å². The Morgan fingerprint density at radius 3 is 2.49 bits per heavy atom. The summed E-state index contributed by atoms with van der Waals surface area (Å²) in [5.74, 6) is -0.295. The zero-order valence-corrected chi connectivity index (χ0v) is 20.8. The number of carbonyl (C=O) groups is 4. The van der Waals surface area contributed by atoms with Crippen molar-refractivity contribution in [2.75, 3.05) is 24.7 Å². The van der Waals surface area contributed by atoms with Crippen molar-refractivity contribution in [3.8, 4) is 0 Å². The fourth-order valence-electron chi connectivity index (χ4n) is 5.46. The van der Waals surface area contributed by atoms with Gasteiger partial charge in [-0.1, -0.05) is 36.4 Å². The molecule has 0 aromatic heterocycles. The molecule has 2 atom stereocenters. The molecule has 1 aliphatic carbocycles. The summed E-state index contributed by atoms with van der Waals surface area (Å²) in [5, 5.41) is 5.32. The minimum Gasteiger partial charge on any atom is -0.325 e. The zero-order chi connectivity index (χ0) is 25.0. The molecular weight excluding hydrogens is 464 g/mol. The average molecular weight is 493 g/mol. The molecule has 2 heterocycles. The van der Waals surface area contributed by atoms with Crippen molar-refractivity contribution < 1.29 is 19.2 Å². The van der Waals surface area contributed by atoms with Crippen molar-refractivity contribution >= 4 is 41.2 Å². The minimum atomic E-state index is -0.908. The highest BCUT2D eigenvalue weighted by Gasteiger charge is 2.54. The molecule has 35 heavy (non-hydrogen) atoms. The van der Waals surface area contributed by atoms with Gasteiger partial charge in [0.1, 0.15) is 12.1 Å². The van der Waals surface area contributed by atoms with Crippen molar-refractivity contribution in [2.45, 2.75) is 43.0 Å². The molecule has 2 aromatic rings. The monoisotopic (exact) mass is 492 g/mol. The van der Waals surface area contributed by atoms with Crippen LogP contribution in [0.25, 0.3) is 0 Å². The average Bonchev–Trinajstić information content (AvgIpc) is 3.30. The van der Waals surface area contributed by atoms with E-state index in [0.29, 0.717) is 24.3 Å². The van der Waals surface area contributed by atoms with Crippen LogP contribution in [-0.4, -0.2) is 63.2 Å². The summed E-state index contributed by atoms with van der Waals surface area (Å²) in [7, 11) is 1.63. The Bertz CT molecular complexity index is 1230. The molecule has 3 aliphatic rings. The Morgan fingerprint density at radius 1 is 1.09 bits per heavy atom. The van der Waals surface area contributed by atoms with Crippen LogP contribution < -0.4 is 10.6 Å². The van der Waals surface area contributed by atoms with Crippen molar-refractivity contribution in [3.63, 3.8) is 0 Å². The number of thioether (sulfide) groups is 1. The van der Waals surface area contributed by atoms with Crippen molar-refractivity contribution in [3.05, 3.63) is 65.2 Å². The van der Waals surface area contributed by atoms with E-state index >= 15 is 0 Å². The topological polar surface area (TPSA) is 98.8 Å². The SMILES string of the molecule is CN1C(=O)NC(=O)C12Cc1ccc(NC(=O)CN3C(=O)CSC(C)(C)C3c3ccccc3)cc1C2. The van der Waals surface area contributed by atoms with Crippen molar-refractivity contribution in [1.82, 2.24) is 15.1 Å². The Labute approximate surface area is 208 Å². The third-order valence-electron chi connectivity index (χ3n) is 7.33. The number of nitrogens with zero attached hydrogens (tertiary/aromatic N) is 2. The number of anilines is 1. The maximum atomic E-state index is 13.1. The number of benzene rings is 2. The quantitative estimate of drug-likeness (QED) is 0.640. The van der Waals surface area contributed by atoms with Crippen LogP contribution in [-0.2, 0) is 27.2 Å². The smallest absolute Gasteiger partial charge is 0.324 e. The second-order valence-electron chi connectivity index (χ2n) is 9.96. The van der Waals surface area contributed by atoms with Gasteiger partial charge in [-0.3, -0.25) is 19.7 Å². The van der Waals surface area contributed by atoms with Gasteiger partial charge in [0.15, 0.2) is 0 Å². The van der Waals surface area contributed by atoms with Crippen molar-refractivity contribution in [2.24, 2.45) is 0 Å². The summed E-state index contributed by atoms with van der Waals surface area (Å²) in [5.41, 5.74) is 2.60. The van der Waals surface area contributed by atoms with E-state index in [0.717, 1.165) is 16.7 Å². The Hall–Kier alpha value is -3.33. The van der Waals surface area contributed by atoms with Crippen LogP contribution in [0.1, 0.15) is 36.6 Å². The van der Waals surface area contributed by atoms with Gasteiger partial charge in [-0.25, -0.2) is 4.79 Å². The third-order valence-corrected chi connectivity index (χ3v) is 8.69. The van der Waals surface area contributed by atoms with Gasteiger partial charge in [0.2, 0.25) is 11.8 Å². The normalized spacial score (nSPS) is 25.1. The highest BCUT2D eigenvalue weighted by molar-refractivity contribution is 8.01. The van der Waals surface area contributed by atoms with Crippen LogP contribution in [0, 0.1) is 0 Å². The Kier molecular flexibility index (Phi) is 5.62. The molecule has 2 saturated heterocycles. The lowest BCUT2D eigenvalue weighted by Crippen LogP contribution is -2.51. The van der Waals surface area contributed by atoms with Crippen LogP contribution in [0.5, 0.6) is 0 Å². The van der Waals surface area contributed by atoms with Crippen LogP contribution >= 0.6 is 11.8 Å². The number of nitrogens with one attached hydrogen (secondary N) is 2. The van der Waals surface area contributed by atoms with Gasteiger partial charge < -0.3 is 15.1 Å². The first-order valence-corrected chi connectivity index (χ1v) is 12.6. The molecule has 5 rings (SSSR count). The molecule has 182 valence electrons. The van der Waals surface area contributed by atoms with Gasteiger partial charge in [0, 0.05) is 30.3 Å². The second-order valence-corrected chi connectivity index (χ2v) is 11.6. The standard InChI is InChI=1S/C26H28N4O4S/c1-25(2)22(16-7-5-4-6-8-16)30(21(32)15-35-25)14-20(31)27-19-10-9-17-12-26(13-18(17)11-19)23(33)28-24(34)29(26)3/h4-11,22H,12-15H2,1-3H3,(H,27,31)(H,28,33,34). The van der Waals surface area contributed by atoms with Gasteiger partial charge >= 0.3 is 6.03 Å². The molecule has 1 spiro atoms. The lowest BCUT2D eigenvalue weighted by Gasteiger charge is -2.45. The van der Waals surface area contributed by atoms with E-state index in [1.54, 1.807) is 29.8 Å². The summed E-state index contributed by atoms with van der Waals surface area (Å²) in [6.45, 7) is 4.15. The number of carbonyl (C=O) groups excluding carboxylic acids is 4. The lowest BCUT2D eigenvalue weighted by molar-refractivity contribution is -0.136. The van der Waals surface area contributed by atoms with Crippen LogP contribution in [0.15, 0.2) is 48.5 Å². The van der Waals surface area contributed by atoms with E-state index in [9.17, 15) is 19.2 Å². The van der Waals surface area contributed by atoms with Crippen molar-refractivity contribution in [1.29, 1.82) is 0 Å². The Balaban J connectivity index is 1.33. The summed E-state index contributed by atoms with van der Waals surface area (Å²) >= 11 is 1.61. The zero-order valence-electron chi connectivity index (χ0n) is 20.0. The number of hydrogen-bond acceptors (Lipinski definition) is 5. The number of urea groups is 1. The highest BCUT2D eigenvalue weighted by atomic mass is 32.2. The van der Waals surface area contributed by atoms with Crippen LogP contribution in [0.4, 0.5) is 10.5 Å². The largest absolute Gasteiger partial charge is 0.325 e. The second kappa shape index (κ2) is 8.41. The maximum Gasteiger partial charge on any atom is 0.324 e. The first kappa shape index (κ1) is 23.4. The number of imide groups is 1. The minimum absolute atomic E-state index is 0.0525. The number of amides is 5.